The van der Waals surface area contributed by atoms with Crippen molar-refractivity contribution in [1.29, 1.82) is 0 Å². The van der Waals surface area contributed by atoms with Crippen LogP contribution in [0.3, 0.4) is 0 Å². The van der Waals surface area contributed by atoms with Gasteiger partial charge in [-0.1, -0.05) is 67.4 Å². The van der Waals surface area contributed by atoms with Crippen LogP contribution in [-0.2, 0) is 24.4 Å². The Morgan fingerprint density at radius 2 is 1.23 bits per heavy atom. The predicted molar refractivity (Wildman–Crippen MR) is 119 cm³/mol. The van der Waals surface area contributed by atoms with Gasteiger partial charge in [0, 0.05) is 0 Å². The first-order chi connectivity index (χ1) is 14.5. The minimum atomic E-state index is -0.753. The van der Waals surface area contributed by atoms with Crippen LogP contribution in [-0.4, -0.2) is 34.0 Å². The highest BCUT2D eigenvalue weighted by atomic mass is 16.5. The molecule has 2 aliphatic rings. The highest BCUT2D eigenvalue weighted by molar-refractivity contribution is 6.22. The smallest absolute Gasteiger partial charge is 0.311 e. The van der Waals surface area contributed by atoms with Crippen molar-refractivity contribution in [2.24, 2.45) is 10.8 Å². The fourth-order valence-electron chi connectivity index (χ4n) is 6.60. The molecule has 0 radical (unpaired) electrons. The normalized spacial score (nSPS) is 30.3. The molecular formula is C25H29BO4. The minimum Gasteiger partial charge on any atom is -0.469 e. The molecule has 2 bridgehead atoms. The fourth-order valence-corrected chi connectivity index (χ4v) is 6.60. The van der Waals surface area contributed by atoms with E-state index in [1.54, 1.807) is 0 Å². The summed E-state index contributed by atoms with van der Waals surface area (Å²) in [5.41, 5.74) is 1.67. The van der Waals surface area contributed by atoms with Crippen molar-refractivity contribution in [1.82, 2.24) is 0 Å². The molecule has 0 atom stereocenters. The van der Waals surface area contributed by atoms with Gasteiger partial charge in [-0.05, 0) is 47.7 Å². The molecule has 30 heavy (non-hydrogen) atoms. The van der Waals surface area contributed by atoms with E-state index in [0.29, 0.717) is 0 Å². The van der Waals surface area contributed by atoms with Crippen LogP contribution >= 0.6 is 0 Å². The molecule has 156 valence electrons. The van der Waals surface area contributed by atoms with Gasteiger partial charge in [0.1, 0.15) is 7.85 Å². The van der Waals surface area contributed by atoms with Crippen LogP contribution in [0.4, 0.5) is 0 Å². The van der Waals surface area contributed by atoms with Crippen LogP contribution in [0, 0.1) is 10.8 Å². The minimum absolute atomic E-state index is 0.208. The van der Waals surface area contributed by atoms with Gasteiger partial charge < -0.3 is 9.47 Å². The van der Waals surface area contributed by atoms with Crippen LogP contribution in [0.1, 0.15) is 44.1 Å². The molecule has 0 unspecified atom stereocenters. The Hall–Kier alpha value is -2.56. The SMILES string of the molecule is BC1(c2ccccc2-c2ccccc2)C2(C(=O)OC)CCCC1(C(=O)OC)CCC2. The van der Waals surface area contributed by atoms with E-state index in [4.69, 9.17) is 9.47 Å². The summed E-state index contributed by atoms with van der Waals surface area (Å²) in [5.74, 6) is -0.416. The van der Waals surface area contributed by atoms with Gasteiger partial charge >= 0.3 is 11.9 Å². The molecular weight excluding hydrogens is 375 g/mol. The van der Waals surface area contributed by atoms with Gasteiger partial charge in [-0.3, -0.25) is 9.59 Å². The average Bonchev–Trinajstić information content (AvgIpc) is 2.78. The zero-order valence-corrected chi connectivity index (χ0v) is 18.1. The lowest BCUT2D eigenvalue weighted by Crippen LogP contribution is -2.68. The number of hydrogen-bond acceptors (Lipinski definition) is 4. The van der Waals surface area contributed by atoms with E-state index in [1.165, 1.54) is 14.2 Å². The second-order valence-electron chi connectivity index (χ2n) is 8.89. The Morgan fingerprint density at radius 3 is 1.73 bits per heavy atom. The molecule has 0 aliphatic heterocycles. The second kappa shape index (κ2) is 7.61. The number of ether oxygens (including phenoxy) is 2. The summed E-state index contributed by atoms with van der Waals surface area (Å²) in [5, 5.41) is -0.733. The number of methoxy groups -OCH3 is 2. The molecule has 4 rings (SSSR count). The number of rotatable bonds is 4. The van der Waals surface area contributed by atoms with Crippen molar-refractivity contribution in [2.75, 3.05) is 14.2 Å². The Labute approximate surface area is 179 Å². The lowest BCUT2D eigenvalue weighted by atomic mass is 9.31. The van der Waals surface area contributed by atoms with Gasteiger partial charge in [-0.15, -0.1) is 0 Å². The van der Waals surface area contributed by atoms with Crippen molar-refractivity contribution < 1.29 is 19.1 Å². The summed E-state index contributed by atoms with van der Waals surface area (Å²) >= 11 is 0. The molecule has 0 amide bonds. The zero-order chi connectivity index (χ0) is 21.4. The molecule has 2 aromatic rings. The number of carbonyl (C=O) groups is 2. The van der Waals surface area contributed by atoms with E-state index in [1.807, 2.05) is 30.3 Å². The molecule has 0 N–H and O–H groups in total. The summed E-state index contributed by atoms with van der Waals surface area (Å²) in [6, 6.07) is 18.4. The lowest BCUT2D eigenvalue weighted by molar-refractivity contribution is -0.183. The van der Waals surface area contributed by atoms with Gasteiger partial charge in [0.05, 0.1) is 25.0 Å². The summed E-state index contributed by atoms with van der Waals surface area (Å²) in [4.78, 5) is 26.8. The van der Waals surface area contributed by atoms with Gasteiger partial charge in [0.2, 0.25) is 0 Å². The summed E-state index contributed by atoms with van der Waals surface area (Å²) < 4.78 is 10.8. The first-order valence-electron chi connectivity index (χ1n) is 10.8. The molecule has 0 saturated heterocycles. The highest BCUT2D eigenvalue weighted by Gasteiger charge is 2.71. The average molecular weight is 404 g/mol. The Kier molecular flexibility index (Phi) is 5.25. The zero-order valence-electron chi connectivity index (χ0n) is 18.1. The molecule has 2 aromatic carbocycles. The maximum absolute atomic E-state index is 13.4. The van der Waals surface area contributed by atoms with Gasteiger partial charge in [-0.2, -0.15) is 0 Å². The highest BCUT2D eigenvalue weighted by Crippen LogP contribution is 2.67. The van der Waals surface area contributed by atoms with Crippen LogP contribution < -0.4 is 0 Å². The Morgan fingerprint density at radius 1 is 0.767 bits per heavy atom. The molecule has 0 aromatic heterocycles. The number of carbonyl (C=O) groups excluding carboxylic acids is 2. The monoisotopic (exact) mass is 404 g/mol. The maximum Gasteiger partial charge on any atom is 0.311 e. The van der Waals surface area contributed by atoms with Crippen molar-refractivity contribution in [3.05, 3.63) is 60.2 Å². The van der Waals surface area contributed by atoms with Crippen molar-refractivity contribution >= 4 is 19.8 Å². The van der Waals surface area contributed by atoms with Crippen molar-refractivity contribution in [2.45, 2.75) is 43.8 Å². The van der Waals surface area contributed by atoms with E-state index in [-0.39, 0.29) is 11.9 Å². The summed E-state index contributed by atoms with van der Waals surface area (Å²) in [6.07, 6.45) is 4.51. The molecule has 0 spiro atoms. The molecule has 4 nitrogen and oxygen atoms in total. The van der Waals surface area contributed by atoms with Crippen molar-refractivity contribution in [3.63, 3.8) is 0 Å². The number of fused-ring (bicyclic) bond motifs is 2. The van der Waals surface area contributed by atoms with Crippen molar-refractivity contribution in [3.8, 4) is 11.1 Å². The van der Waals surface area contributed by atoms with E-state index < -0.39 is 16.1 Å². The predicted octanol–water partition coefficient (Wildman–Crippen LogP) is 3.87. The second-order valence-corrected chi connectivity index (χ2v) is 8.89. The molecule has 2 saturated carbocycles. The van der Waals surface area contributed by atoms with Gasteiger partial charge in [0.15, 0.2) is 0 Å². The fraction of sp³-hybridized carbons (Fsp3) is 0.440. The van der Waals surface area contributed by atoms with E-state index >= 15 is 0 Å². The van der Waals surface area contributed by atoms with Crippen LogP contribution in [0.2, 0.25) is 0 Å². The summed E-state index contributed by atoms with van der Waals surface area (Å²) in [7, 11) is 5.04. The maximum atomic E-state index is 13.4. The molecule has 0 heterocycles. The Balaban J connectivity index is 2.06. The van der Waals surface area contributed by atoms with Crippen LogP contribution in [0.15, 0.2) is 54.6 Å². The summed E-state index contributed by atoms with van der Waals surface area (Å²) in [6.45, 7) is 0. The molecule has 2 fully saturated rings. The first kappa shape index (κ1) is 20.7. The number of hydrogen-bond donors (Lipinski definition) is 0. The third-order valence-electron chi connectivity index (χ3n) is 8.03. The van der Waals surface area contributed by atoms with Crippen LogP contribution in [0.5, 0.6) is 0 Å². The van der Waals surface area contributed by atoms with E-state index in [9.17, 15) is 9.59 Å². The topological polar surface area (TPSA) is 52.6 Å². The third-order valence-corrected chi connectivity index (χ3v) is 8.03. The van der Waals surface area contributed by atoms with E-state index in [2.05, 4.69) is 32.1 Å². The largest absolute Gasteiger partial charge is 0.469 e. The first-order valence-corrected chi connectivity index (χ1v) is 10.8. The van der Waals surface area contributed by atoms with Crippen LogP contribution in [0.25, 0.3) is 11.1 Å². The lowest BCUT2D eigenvalue weighted by Gasteiger charge is -2.63. The molecule has 5 heteroatoms. The molecule has 2 aliphatic carbocycles. The van der Waals surface area contributed by atoms with Gasteiger partial charge in [-0.25, -0.2) is 0 Å². The third kappa shape index (κ3) is 2.60. The standard InChI is InChI=1S/C25H29BO4/c1-29-21(27)23-14-8-16-24(17-9-15-23,22(28)30-2)25(23,26)20-13-7-6-12-19(20)18-10-4-3-5-11-18/h3-7,10-13H,8-9,14-17,26H2,1-2H3. The number of esters is 2. The van der Waals surface area contributed by atoms with E-state index in [0.717, 1.165) is 55.2 Å². The quantitative estimate of drug-likeness (QED) is 0.574. The number of benzene rings is 2. The van der Waals surface area contributed by atoms with Gasteiger partial charge in [0.25, 0.3) is 0 Å². The Bertz CT molecular complexity index is 911.